The van der Waals surface area contributed by atoms with Crippen LogP contribution in [0.3, 0.4) is 0 Å². The summed E-state index contributed by atoms with van der Waals surface area (Å²) >= 11 is 5.73. The van der Waals surface area contributed by atoms with Crippen molar-refractivity contribution in [2.45, 2.75) is 76.9 Å². The summed E-state index contributed by atoms with van der Waals surface area (Å²) in [5.41, 5.74) is 0.867. The fourth-order valence-corrected chi connectivity index (χ4v) is 4.99. The molecule has 0 bridgehead atoms. The van der Waals surface area contributed by atoms with Crippen LogP contribution in [0.25, 0.3) is 0 Å². The molecule has 3 heteroatoms. The van der Waals surface area contributed by atoms with Gasteiger partial charge in [0.1, 0.15) is 5.82 Å². The number of hydrogen-bond acceptors (Lipinski definition) is 1. The summed E-state index contributed by atoms with van der Waals surface area (Å²) < 4.78 is 19.5. The van der Waals surface area contributed by atoms with Gasteiger partial charge in [-0.1, -0.05) is 36.6 Å². The van der Waals surface area contributed by atoms with Gasteiger partial charge in [0.15, 0.2) is 0 Å². The first-order valence-corrected chi connectivity index (χ1v) is 10.7. The summed E-state index contributed by atoms with van der Waals surface area (Å²) in [6.07, 6.45) is 15.5. The second-order valence-electron chi connectivity index (χ2n) is 8.24. The average molecular weight is 379 g/mol. The molecule has 2 aliphatic carbocycles. The molecule has 1 aromatic carbocycles. The van der Waals surface area contributed by atoms with Gasteiger partial charge in [-0.3, -0.25) is 0 Å². The maximum atomic E-state index is 13.5. The molecular formula is C23H32ClFO. The third-order valence-corrected chi connectivity index (χ3v) is 6.83. The Bertz CT molecular complexity index is 572. The molecule has 1 nitrogen and oxygen atoms in total. The Labute approximate surface area is 163 Å². The van der Waals surface area contributed by atoms with E-state index in [0.29, 0.717) is 12.7 Å². The van der Waals surface area contributed by atoms with Gasteiger partial charge in [0.05, 0.1) is 17.7 Å². The van der Waals surface area contributed by atoms with Gasteiger partial charge in [0.2, 0.25) is 0 Å². The molecule has 3 rings (SSSR count). The molecule has 0 saturated heterocycles. The van der Waals surface area contributed by atoms with E-state index < -0.39 is 0 Å². The van der Waals surface area contributed by atoms with E-state index in [1.54, 1.807) is 6.07 Å². The molecule has 2 saturated carbocycles. The fraction of sp³-hybridized carbons (Fsp3) is 0.652. The summed E-state index contributed by atoms with van der Waals surface area (Å²) in [5, 5.41) is 0.175. The van der Waals surface area contributed by atoms with Crippen molar-refractivity contribution in [2.24, 2.45) is 17.8 Å². The lowest BCUT2D eigenvalue weighted by Crippen LogP contribution is -2.28. The van der Waals surface area contributed by atoms with Crippen LogP contribution in [-0.2, 0) is 11.3 Å². The van der Waals surface area contributed by atoms with Gasteiger partial charge in [-0.2, -0.15) is 0 Å². The molecule has 0 amide bonds. The molecule has 0 aromatic heterocycles. The number of ether oxygens (including phenoxy) is 1. The highest BCUT2D eigenvalue weighted by molar-refractivity contribution is 6.30. The molecule has 26 heavy (non-hydrogen) atoms. The van der Waals surface area contributed by atoms with Gasteiger partial charge in [-0.25, -0.2) is 4.39 Å². The van der Waals surface area contributed by atoms with E-state index in [1.807, 2.05) is 6.07 Å². The second-order valence-corrected chi connectivity index (χ2v) is 8.65. The zero-order valence-electron chi connectivity index (χ0n) is 15.8. The van der Waals surface area contributed by atoms with Gasteiger partial charge < -0.3 is 4.74 Å². The Hall–Kier alpha value is -0.860. The van der Waals surface area contributed by atoms with Crippen molar-refractivity contribution < 1.29 is 9.13 Å². The van der Waals surface area contributed by atoms with Crippen molar-refractivity contribution in [2.75, 3.05) is 0 Å². The highest BCUT2D eigenvalue weighted by Gasteiger charge is 2.30. The molecule has 2 fully saturated rings. The van der Waals surface area contributed by atoms with Crippen LogP contribution in [0.4, 0.5) is 4.39 Å². The summed E-state index contributed by atoms with van der Waals surface area (Å²) in [6.45, 7) is 4.33. The van der Waals surface area contributed by atoms with Crippen LogP contribution in [0.2, 0.25) is 5.02 Å². The van der Waals surface area contributed by atoms with Crippen LogP contribution in [0.15, 0.2) is 30.9 Å². The zero-order chi connectivity index (χ0) is 18.4. The van der Waals surface area contributed by atoms with E-state index in [0.717, 1.165) is 36.2 Å². The molecule has 0 unspecified atom stereocenters. The summed E-state index contributed by atoms with van der Waals surface area (Å²) in [5.74, 6) is 2.40. The minimum atomic E-state index is -0.361. The van der Waals surface area contributed by atoms with Crippen molar-refractivity contribution in [3.8, 4) is 0 Å². The minimum Gasteiger partial charge on any atom is -0.374 e. The van der Waals surface area contributed by atoms with Crippen molar-refractivity contribution >= 4 is 11.6 Å². The van der Waals surface area contributed by atoms with E-state index in [1.165, 1.54) is 57.4 Å². The Kier molecular flexibility index (Phi) is 7.57. The standard InChI is InChI=1S/C23H32ClFO/c1-2-3-4-17-5-8-19(9-6-17)20-10-12-21(13-11-20)26-16-18-7-14-22(24)23(25)15-18/h2,7,14-15,17,19-21H,1,3-6,8-13,16H2/t17-,19-,20-,21-. The van der Waals surface area contributed by atoms with Gasteiger partial charge in [-0.05, 0) is 86.8 Å². The first kappa shape index (κ1) is 19.9. The van der Waals surface area contributed by atoms with Crippen LogP contribution < -0.4 is 0 Å². The first-order valence-electron chi connectivity index (χ1n) is 10.3. The second kappa shape index (κ2) is 9.90. The highest BCUT2D eigenvalue weighted by atomic mass is 35.5. The third-order valence-electron chi connectivity index (χ3n) is 6.53. The Morgan fingerprint density at radius 1 is 1.04 bits per heavy atom. The monoisotopic (exact) mass is 378 g/mol. The molecular weight excluding hydrogens is 347 g/mol. The molecule has 0 atom stereocenters. The minimum absolute atomic E-state index is 0.175. The summed E-state index contributed by atoms with van der Waals surface area (Å²) in [7, 11) is 0. The van der Waals surface area contributed by atoms with Gasteiger partial charge in [-0.15, -0.1) is 6.58 Å². The molecule has 144 valence electrons. The lowest BCUT2D eigenvalue weighted by atomic mass is 9.70. The topological polar surface area (TPSA) is 9.23 Å². The van der Waals surface area contributed by atoms with E-state index in [9.17, 15) is 4.39 Å². The van der Waals surface area contributed by atoms with Crippen molar-refractivity contribution in [1.82, 2.24) is 0 Å². The Morgan fingerprint density at radius 2 is 1.69 bits per heavy atom. The van der Waals surface area contributed by atoms with E-state index in [2.05, 4.69) is 12.7 Å². The maximum Gasteiger partial charge on any atom is 0.142 e. The zero-order valence-corrected chi connectivity index (χ0v) is 16.5. The lowest BCUT2D eigenvalue weighted by molar-refractivity contribution is -0.00290. The van der Waals surface area contributed by atoms with Gasteiger partial charge in [0, 0.05) is 0 Å². The average Bonchev–Trinajstić information content (AvgIpc) is 2.68. The van der Waals surface area contributed by atoms with E-state index in [4.69, 9.17) is 16.3 Å². The molecule has 1 aromatic rings. The molecule has 0 heterocycles. The molecule has 0 aliphatic heterocycles. The third kappa shape index (κ3) is 5.57. The van der Waals surface area contributed by atoms with Crippen LogP contribution in [-0.4, -0.2) is 6.10 Å². The number of rotatable bonds is 7. The molecule has 0 N–H and O–H groups in total. The van der Waals surface area contributed by atoms with Crippen LogP contribution >= 0.6 is 11.6 Å². The SMILES string of the molecule is C=CCC[C@H]1CC[C@H]([C@H]2CC[C@H](OCc3ccc(Cl)c(F)c3)CC2)CC1. The molecule has 0 radical (unpaired) electrons. The van der Waals surface area contributed by atoms with Gasteiger partial charge in [0.25, 0.3) is 0 Å². The smallest absolute Gasteiger partial charge is 0.142 e. The van der Waals surface area contributed by atoms with E-state index >= 15 is 0 Å². The highest BCUT2D eigenvalue weighted by Crippen LogP contribution is 2.41. The van der Waals surface area contributed by atoms with Crippen molar-refractivity contribution in [1.29, 1.82) is 0 Å². The Morgan fingerprint density at radius 3 is 2.31 bits per heavy atom. The summed E-state index contributed by atoms with van der Waals surface area (Å²) in [6, 6.07) is 4.94. The Balaban J connectivity index is 1.36. The van der Waals surface area contributed by atoms with Crippen LogP contribution in [0.5, 0.6) is 0 Å². The van der Waals surface area contributed by atoms with Crippen molar-refractivity contribution in [3.63, 3.8) is 0 Å². The summed E-state index contributed by atoms with van der Waals surface area (Å²) in [4.78, 5) is 0. The largest absolute Gasteiger partial charge is 0.374 e. The molecule has 0 spiro atoms. The number of allylic oxidation sites excluding steroid dienone is 1. The maximum absolute atomic E-state index is 13.5. The predicted molar refractivity (Wildman–Crippen MR) is 107 cm³/mol. The van der Waals surface area contributed by atoms with Crippen LogP contribution in [0.1, 0.15) is 69.8 Å². The number of halogens is 2. The van der Waals surface area contributed by atoms with E-state index in [-0.39, 0.29) is 10.8 Å². The molecule has 2 aliphatic rings. The fourth-order valence-electron chi connectivity index (χ4n) is 4.87. The van der Waals surface area contributed by atoms with Crippen molar-refractivity contribution in [3.05, 3.63) is 47.3 Å². The number of benzene rings is 1. The quantitative estimate of drug-likeness (QED) is 0.451. The normalized spacial score (nSPS) is 29.5. The number of hydrogen-bond donors (Lipinski definition) is 0. The first-order chi connectivity index (χ1) is 12.7. The predicted octanol–water partition coefficient (Wildman–Crippen LogP) is 7.33. The lowest BCUT2D eigenvalue weighted by Gasteiger charge is -2.37. The van der Waals surface area contributed by atoms with Gasteiger partial charge >= 0.3 is 0 Å². The van der Waals surface area contributed by atoms with Crippen LogP contribution in [0, 0.1) is 23.6 Å².